The van der Waals surface area contributed by atoms with Crippen LogP contribution >= 0.6 is 0 Å². The number of ether oxygens (including phenoxy) is 1. The molecule has 1 fully saturated rings. The van der Waals surface area contributed by atoms with E-state index in [4.69, 9.17) is 9.84 Å². The lowest BCUT2D eigenvalue weighted by molar-refractivity contribution is -0.0550. The van der Waals surface area contributed by atoms with Crippen molar-refractivity contribution in [3.63, 3.8) is 0 Å². The number of hydrogen-bond acceptors (Lipinski definition) is 6. The fraction of sp³-hybridized carbons (Fsp3) is 0.556. The van der Waals surface area contributed by atoms with Gasteiger partial charge in [-0.05, 0) is 0 Å². The summed E-state index contributed by atoms with van der Waals surface area (Å²) in [5.74, 6) is 0. The zero-order valence-corrected chi connectivity index (χ0v) is 8.68. The Balaban J connectivity index is 2.35. The molecule has 94 valence electrons. The molecule has 8 heteroatoms. The van der Waals surface area contributed by atoms with E-state index < -0.39 is 42.4 Å². The highest BCUT2D eigenvalue weighted by Crippen LogP contribution is 2.27. The Bertz CT molecular complexity index is 509. The van der Waals surface area contributed by atoms with Crippen LogP contribution in [0.1, 0.15) is 6.23 Å². The standard InChI is InChI=1S/C9H12N2O6/c12-3-4-6(14)7(15)8(17-4)11-2-1-5(13)10-9(11)16/h1-2,4,6-8,12,14-15H,3H2,(H,10,13,16)/t4-,6?,7+,8-/m1/s1/i8+1. The summed E-state index contributed by atoms with van der Waals surface area (Å²) in [6.45, 7) is -0.479. The van der Waals surface area contributed by atoms with Crippen molar-refractivity contribution in [2.75, 3.05) is 6.61 Å². The third-order valence-electron chi connectivity index (χ3n) is 2.64. The molecular formula is C9H12N2O6. The maximum atomic E-state index is 11.4. The smallest absolute Gasteiger partial charge is 0.330 e. The molecule has 0 amide bonds. The van der Waals surface area contributed by atoms with E-state index in [0.717, 1.165) is 16.8 Å². The van der Waals surface area contributed by atoms with Crippen molar-refractivity contribution >= 4 is 0 Å². The summed E-state index contributed by atoms with van der Waals surface area (Å²) in [5.41, 5.74) is -1.33. The van der Waals surface area contributed by atoms with Crippen molar-refractivity contribution < 1.29 is 20.1 Å². The number of rotatable bonds is 2. The molecule has 8 nitrogen and oxygen atoms in total. The normalized spacial score (nSPS) is 32.9. The van der Waals surface area contributed by atoms with Gasteiger partial charge in [-0.2, -0.15) is 0 Å². The average Bonchev–Trinajstić information content (AvgIpc) is 2.57. The molecule has 0 radical (unpaired) electrons. The van der Waals surface area contributed by atoms with E-state index in [2.05, 4.69) is 0 Å². The first-order valence-electron chi connectivity index (χ1n) is 4.98. The minimum Gasteiger partial charge on any atom is -0.394 e. The van der Waals surface area contributed by atoms with Crippen molar-refractivity contribution in [1.29, 1.82) is 0 Å². The highest BCUT2D eigenvalue weighted by atomic mass is 16.6. The number of H-pyrrole nitrogens is 1. The van der Waals surface area contributed by atoms with Crippen molar-refractivity contribution in [3.8, 4) is 0 Å². The Labute approximate surface area is 94.7 Å². The lowest BCUT2D eigenvalue weighted by Gasteiger charge is -2.16. The first kappa shape index (κ1) is 12.0. The van der Waals surface area contributed by atoms with Gasteiger partial charge in [-0.1, -0.05) is 0 Å². The Morgan fingerprint density at radius 2 is 2.06 bits per heavy atom. The van der Waals surface area contributed by atoms with E-state index in [1.165, 1.54) is 0 Å². The first-order chi connectivity index (χ1) is 8.04. The van der Waals surface area contributed by atoms with E-state index in [1.807, 2.05) is 4.98 Å². The molecule has 0 aromatic carbocycles. The molecule has 0 aliphatic carbocycles. The Morgan fingerprint density at radius 1 is 1.35 bits per heavy atom. The van der Waals surface area contributed by atoms with E-state index in [9.17, 15) is 19.8 Å². The molecule has 1 aromatic rings. The lowest BCUT2D eigenvalue weighted by atomic mass is 10.2. The number of aromatic amines is 1. The first-order valence-corrected chi connectivity index (χ1v) is 4.98. The molecule has 1 aromatic heterocycles. The summed E-state index contributed by atoms with van der Waals surface area (Å²) >= 11 is 0. The average molecular weight is 245 g/mol. The second kappa shape index (κ2) is 4.41. The second-order valence-electron chi connectivity index (χ2n) is 3.75. The maximum Gasteiger partial charge on any atom is 0.330 e. The molecule has 17 heavy (non-hydrogen) atoms. The van der Waals surface area contributed by atoms with Crippen LogP contribution in [0.5, 0.6) is 0 Å². The van der Waals surface area contributed by atoms with Crippen LogP contribution in [0.4, 0.5) is 0 Å². The minimum atomic E-state index is -1.35. The van der Waals surface area contributed by atoms with Crippen molar-refractivity contribution in [2.45, 2.75) is 24.5 Å². The van der Waals surface area contributed by atoms with Crippen LogP contribution < -0.4 is 11.2 Å². The lowest BCUT2D eigenvalue weighted by Crippen LogP contribution is -2.37. The van der Waals surface area contributed by atoms with Gasteiger partial charge in [-0.15, -0.1) is 0 Å². The SMILES string of the molecule is O=c1ccn([13C@@H]2O[C@H](CO)C(O)[C@@H]2O)c(=O)[nH]1. The van der Waals surface area contributed by atoms with Crippen LogP contribution in [0, 0.1) is 0 Å². The van der Waals surface area contributed by atoms with Gasteiger partial charge in [-0.3, -0.25) is 14.3 Å². The fourth-order valence-electron chi connectivity index (χ4n) is 1.74. The highest BCUT2D eigenvalue weighted by Gasteiger charge is 2.43. The summed E-state index contributed by atoms with van der Waals surface area (Å²) in [6, 6.07) is 1.09. The molecule has 1 saturated heterocycles. The van der Waals surface area contributed by atoms with Gasteiger partial charge in [0.05, 0.1) is 6.61 Å². The van der Waals surface area contributed by atoms with Gasteiger partial charge in [0.25, 0.3) is 5.56 Å². The van der Waals surface area contributed by atoms with Gasteiger partial charge in [0, 0.05) is 12.3 Å². The number of hydrogen-bond donors (Lipinski definition) is 4. The maximum absolute atomic E-state index is 11.4. The van der Waals surface area contributed by atoms with Crippen molar-refractivity contribution in [3.05, 3.63) is 33.1 Å². The van der Waals surface area contributed by atoms with Crippen LogP contribution in [0.3, 0.4) is 0 Å². The Kier molecular flexibility index (Phi) is 3.11. The molecule has 0 bridgehead atoms. The van der Waals surface area contributed by atoms with E-state index in [1.54, 1.807) is 0 Å². The largest absolute Gasteiger partial charge is 0.394 e. The predicted molar refractivity (Wildman–Crippen MR) is 54.3 cm³/mol. The zero-order chi connectivity index (χ0) is 12.6. The summed E-state index contributed by atoms with van der Waals surface area (Å²) in [7, 11) is 0. The van der Waals surface area contributed by atoms with Gasteiger partial charge in [0.1, 0.15) is 18.3 Å². The molecule has 0 saturated carbocycles. The van der Waals surface area contributed by atoms with Crippen molar-refractivity contribution in [1.82, 2.24) is 9.55 Å². The third-order valence-corrected chi connectivity index (χ3v) is 2.64. The minimum absolute atomic E-state index is 0.479. The Hall–Kier alpha value is -1.48. The van der Waals surface area contributed by atoms with Gasteiger partial charge in [-0.25, -0.2) is 4.79 Å². The number of aliphatic hydroxyl groups is 3. The molecule has 1 aliphatic rings. The predicted octanol–water partition coefficient (Wildman–Crippen LogP) is -2.85. The van der Waals surface area contributed by atoms with Gasteiger partial charge < -0.3 is 20.1 Å². The number of aliphatic hydroxyl groups excluding tert-OH is 3. The van der Waals surface area contributed by atoms with Crippen molar-refractivity contribution in [2.24, 2.45) is 0 Å². The molecule has 4 atom stereocenters. The van der Waals surface area contributed by atoms with Crippen LogP contribution in [0.2, 0.25) is 0 Å². The summed E-state index contributed by atoms with van der Waals surface area (Å²) < 4.78 is 6.08. The van der Waals surface area contributed by atoms with Crippen LogP contribution in [-0.2, 0) is 4.74 Å². The van der Waals surface area contributed by atoms with E-state index in [-0.39, 0.29) is 0 Å². The molecule has 2 heterocycles. The molecular weight excluding hydrogens is 233 g/mol. The topological polar surface area (TPSA) is 125 Å². The van der Waals surface area contributed by atoms with Gasteiger partial charge >= 0.3 is 5.69 Å². The molecule has 0 spiro atoms. The number of aromatic nitrogens is 2. The molecule has 1 aliphatic heterocycles. The van der Waals surface area contributed by atoms with E-state index >= 15 is 0 Å². The molecule has 2 rings (SSSR count). The van der Waals surface area contributed by atoms with Crippen LogP contribution in [0.15, 0.2) is 21.9 Å². The Morgan fingerprint density at radius 3 is 2.59 bits per heavy atom. The summed E-state index contributed by atoms with van der Waals surface area (Å²) in [6.07, 6.45) is -3.58. The third kappa shape index (κ3) is 2.03. The quantitative estimate of drug-likeness (QED) is 0.416. The fourth-order valence-corrected chi connectivity index (χ4v) is 1.74. The van der Waals surface area contributed by atoms with Crippen LogP contribution in [-0.4, -0.2) is 49.8 Å². The molecule has 4 N–H and O–H groups in total. The summed E-state index contributed by atoms with van der Waals surface area (Å²) in [4.78, 5) is 24.3. The number of nitrogens with one attached hydrogen (secondary N) is 1. The molecule has 1 unspecified atom stereocenters. The second-order valence-corrected chi connectivity index (χ2v) is 3.75. The van der Waals surface area contributed by atoms with Crippen LogP contribution in [0.25, 0.3) is 0 Å². The zero-order valence-electron chi connectivity index (χ0n) is 8.68. The number of nitrogens with zero attached hydrogens (tertiary/aromatic N) is 1. The van der Waals surface area contributed by atoms with Gasteiger partial charge in [0.15, 0.2) is 6.23 Å². The van der Waals surface area contributed by atoms with Gasteiger partial charge in [0.2, 0.25) is 0 Å². The summed E-state index contributed by atoms with van der Waals surface area (Å²) in [5, 5.41) is 28.1. The monoisotopic (exact) mass is 245 g/mol. The van der Waals surface area contributed by atoms with E-state index in [0.29, 0.717) is 0 Å². The highest BCUT2D eigenvalue weighted by molar-refractivity contribution is 4.92.